The van der Waals surface area contributed by atoms with E-state index in [1.54, 1.807) is 0 Å². The van der Waals surface area contributed by atoms with Gasteiger partial charge in [0.15, 0.2) is 0 Å². The van der Waals surface area contributed by atoms with Crippen LogP contribution in [-0.4, -0.2) is 12.0 Å². The highest BCUT2D eigenvalue weighted by molar-refractivity contribution is 6.35. The minimum absolute atomic E-state index is 0.0841. The van der Waals surface area contributed by atoms with E-state index in [-0.39, 0.29) is 10.6 Å². The second-order valence-corrected chi connectivity index (χ2v) is 4.15. The summed E-state index contributed by atoms with van der Waals surface area (Å²) < 4.78 is 0. The SMILES string of the molecule is CC(C)[NH3+].O=C([O-])c1cc(Cl)ccc1Cl. The van der Waals surface area contributed by atoms with Crippen molar-refractivity contribution in [2.75, 3.05) is 0 Å². The maximum Gasteiger partial charge on any atom is 0.0786 e. The highest BCUT2D eigenvalue weighted by Gasteiger charge is 2.00. The molecule has 1 rings (SSSR count). The van der Waals surface area contributed by atoms with Gasteiger partial charge < -0.3 is 15.6 Å². The van der Waals surface area contributed by atoms with Crippen LogP contribution >= 0.6 is 23.2 Å². The van der Waals surface area contributed by atoms with E-state index >= 15 is 0 Å². The van der Waals surface area contributed by atoms with E-state index in [9.17, 15) is 9.90 Å². The standard InChI is InChI=1S/C7H4Cl2O2.C3H9N/c8-4-1-2-6(9)5(3-4)7(10)11;1-3(2)4/h1-3H,(H,10,11);3H,4H2,1-2H3. The first-order chi connectivity index (χ1) is 6.84. The molecule has 0 aromatic heterocycles. The maximum atomic E-state index is 10.3. The molecule has 1 aromatic rings. The van der Waals surface area contributed by atoms with Gasteiger partial charge in [0, 0.05) is 15.6 Å². The van der Waals surface area contributed by atoms with Crippen molar-refractivity contribution in [1.82, 2.24) is 0 Å². The van der Waals surface area contributed by atoms with E-state index in [2.05, 4.69) is 19.6 Å². The summed E-state index contributed by atoms with van der Waals surface area (Å²) >= 11 is 11.0. The lowest BCUT2D eigenvalue weighted by molar-refractivity contribution is -0.407. The van der Waals surface area contributed by atoms with Crippen LogP contribution in [0.5, 0.6) is 0 Å². The summed E-state index contributed by atoms with van der Waals surface area (Å²) in [5.74, 6) is -1.32. The molecule has 0 heterocycles. The van der Waals surface area contributed by atoms with Gasteiger partial charge in [-0.1, -0.05) is 23.2 Å². The van der Waals surface area contributed by atoms with Crippen LogP contribution < -0.4 is 10.8 Å². The summed E-state index contributed by atoms with van der Waals surface area (Å²) in [5, 5.41) is 10.8. The molecule has 0 spiro atoms. The van der Waals surface area contributed by atoms with Crippen LogP contribution in [0.25, 0.3) is 0 Å². The molecule has 15 heavy (non-hydrogen) atoms. The average Bonchev–Trinajstić information content (AvgIpc) is 2.08. The van der Waals surface area contributed by atoms with Crippen molar-refractivity contribution in [2.45, 2.75) is 19.9 Å². The zero-order valence-corrected chi connectivity index (χ0v) is 10.1. The lowest BCUT2D eigenvalue weighted by atomic mass is 10.2. The number of carboxylic acids is 1. The molecule has 1 aromatic carbocycles. The highest BCUT2D eigenvalue weighted by Crippen LogP contribution is 2.19. The number of carboxylic acid groups (broad SMARTS) is 1. The fraction of sp³-hybridized carbons (Fsp3) is 0.300. The van der Waals surface area contributed by atoms with Crippen molar-refractivity contribution in [2.24, 2.45) is 0 Å². The molecule has 0 saturated carbocycles. The van der Waals surface area contributed by atoms with E-state index in [0.717, 1.165) is 0 Å². The monoisotopic (exact) mass is 249 g/mol. The first-order valence-electron chi connectivity index (χ1n) is 4.34. The molecule has 5 heteroatoms. The van der Waals surface area contributed by atoms with Crippen LogP contribution in [0.4, 0.5) is 0 Å². The van der Waals surface area contributed by atoms with Crippen LogP contribution in [-0.2, 0) is 0 Å². The van der Waals surface area contributed by atoms with Gasteiger partial charge in [-0.05, 0) is 32.0 Å². The fourth-order valence-corrected chi connectivity index (χ4v) is 1.02. The molecular formula is C10H13Cl2NO2. The Morgan fingerprint density at radius 3 is 2.20 bits per heavy atom. The summed E-state index contributed by atoms with van der Waals surface area (Å²) in [6.07, 6.45) is 0. The Morgan fingerprint density at radius 2 is 1.87 bits per heavy atom. The van der Waals surface area contributed by atoms with Gasteiger partial charge in [0.25, 0.3) is 0 Å². The van der Waals surface area contributed by atoms with Crippen molar-refractivity contribution >= 4 is 29.2 Å². The van der Waals surface area contributed by atoms with Crippen LogP contribution in [0, 0.1) is 0 Å². The molecule has 0 aliphatic heterocycles. The first-order valence-corrected chi connectivity index (χ1v) is 5.09. The first kappa shape index (κ1) is 14.2. The zero-order valence-electron chi connectivity index (χ0n) is 8.59. The summed E-state index contributed by atoms with van der Waals surface area (Å²) in [6, 6.07) is 4.75. The summed E-state index contributed by atoms with van der Waals surface area (Å²) in [7, 11) is 0. The number of rotatable bonds is 1. The molecule has 3 nitrogen and oxygen atoms in total. The number of quaternary nitrogens is 1. The third-order valence-corrected chi connectivity index (χ3v) is 1.71. The number of hydrogen-bond donors (Lipinski definition) is 1. The van der Waals surface area contributed by atoms with Crippen LogP contribution in [0.3, 0.4) is 0 Å². The van der Waals surface area contributed by atoms with E-state index in [0.29, 0.717) is 11.1 Å². The Labute approximate surface area is 98.8 Å². The number of carbonyl (C=O) groups is 1. The van der Waals surface area contributed by atoms with E-state index in [1.165, 1.54) is 18.2 Å². The molecule has 0 fully saturated rings. The summed E-state index contributed by atoms with van der Waals surface area (Å²) in [5.41, 5.74) is 3.55. The van der Waals surface area contributed by atoms with E-state index < -0.39 is 5.97 Å². The van der Waals surface area contributed by atoms with Crippen LogP contribution in [0.15, 0.2) is 18.2 Å². The predicted molar refractivity (Wildman–Crippen MR) is 58.8 cm³/mol. The zero-order chi connectivity index (χ0) is 12.0. The predicted octanol–water partition coefficient (Wildman–Crippen LogP) is 0.994. The van der Waals surface area contributed by atoms with Gasteiger partial charge >= 0.3 is 0 Å². The summed E-state index contributed by atoms with van der Waals surface area (Å²) in [4.78, 5) is 10.3. The molecule has 3 N–H and O–H groups in total. The van der Waals surface area contributed by atoms with Crippen molar-refractivity contribution in [3.63, 3.8) is 0 Å². The lowest BCUT2D eigenvalue weighted by Gasteiger charge is -2.04. The highest BCUT2D eigenvalue weighted by atomic mass is 35.5. The van der Waals surface area contributed by atoms with Gasteiger partial charge in [-0.3, -0.25) is 0 Å². The van der Waals surface area contributed by atoms with Gasteiger partial charge in [-0.2, -0.15) is 0 Å². The second kappa shape index (κ2) is 6.67. The molecule has 0 bridgehead atoms. The van der Waals surface area contributed by atoms with Gasteiger partial charge in [0.1, 0.15) is 0 Å². The number of benzene rings is 1. The van der Waals surface area contributed by atoms with E-state index in [1.807, 2.05) is 0 Å². The largest absolute Gasteiger partial charge is 0.545 e. The molecule has 0 atom stereocenters. The molecular weight excluding hydrogens is 237 g/mol. The Balaban J connectivity index is 0.000000423. The quantitative estimate of drug-likeness (QED) is 0.807. The molecule has 0 unspecified atom stereocenters. The number of aromatic carboxylic acids is 1. The molecule has 0 amide bonds. The third-order valence-electron chi connectivity index (χ3n) is 1.15. The lowest BCUT2D eigenvalue weighted by Crippen LogP contribution is -2.57. The van der Waals surface area contributed by atoms with Crippen molar-refractivity contribution in [3.8, 4) is 0 Å². The van der Waals surface area contributed by atoms with Crippen LogP contribution in [0.2, 0.25) is 10.0 Å². The average molecular weight is 250 g/mol. The molecule has 0 aliphatic carbocycles. The van der Waals surface area contributed by atoms with Crippen molar-refractivity contribution < 1.29 is 15.6 Å². The smallest absolute Gasteiger partial charge is 0.0786 e. The topological polar surface area (TPSA) is 67.8 Å². The fourth-order valence-electron chi connectivity index (χ4n) is 0.654. The van der Waals surface area contributed by atoms with Gasteiger partial charge in [0.2, 0.25) is 0 Å². The molecule has 0 radical (unpaired) electrons. The maximum absolute atomic E-state index is 10.3. The van der Waals surface area contributed by atoms with Crippen LogP contribution in [0.1, 0.15) is 24.2 Å². The summed E-state index contributed by atoms with van der Waals surface area (Å²) in [6.45, 7) is 4.11. The minimum Gasteiger partial charge on any atom is -0.545 e. The minimum atomic E-state index is -1.32. The second-order valence-electron chi connectivity index (χ2n) is 3.31. The Kier molecular flexibility index (Phi) is 6.32. The third kappa shape index (κ3) is 6.33. The number of halogens is 2. The number of hydrogen-bond acceptors (Lipinski definition) is 2. The molecule has 0 saturated heterocycles. The Bertz CT molecular complexity index is 337. The molecule has 0 aliphatic rings. The normalized spacial score (nSPS) is 9.47. The van der Waals surface area contributed by atoms with Gasteiger partial charge in [-0.25, -0.2) is 0 Å². The Morgan fingerprint density at radius 1 is 1.40 bits per heavy atom. The van der Waals surface area contributed by atoms with Gasteiger partial charge in [0.05, 0.1) is 12.0 Å². The molecule has 84 valence electrons. The van der Waals surface area contributed by atoms with Crippen molar-refractivity contribution in [3.05, 3.63) is 33.8 Å². The van der Waals surface area contributed by atoms with Crippen molar-refractivity contribution in [1.29, 1.82) is 0 Å². The Hall–Kier alpha value is -0.770. The number of carbonyl (C=O) groups excluding carboxylic acids is 1. The van der Waals surface area contributed by atoms with Gasteiger partial charge in [-0.15, -0.1) is 0 Å². The van der Waals surface area contributed by atoms with E-state index in [4.69, 9.17) is 23.2 Å².